The molecule has 21 heavy (non-hydrogen) atoms. The molecule has 0 aliphatic heterocycles. The molecule has 0 spiro atoms. The third kappa shape index (κ3) is 3.12. The predicted octanol–water partition coefficient (Wildman–Crippen LogP) is 4.49. The number of benzene rings is 1. The zero-order valence-corrected chi connectivity index (χ0v) is 12.3. The van der Waals surface area contributed by atoms with Crippen molar-refractivity contribution in [3.63, 3.8) is 0 Å². The molecule has 2 aromatic rings. The fourth-order valence-corrected chi connectivity index (χ4v) is 2.21. The minimum absolute atomic E-state index is 0.108. The highest BCUT2D eigenvalue weighted by Gasteiger charge is 2.22. The first kappa shape index (κ1) is 15.6. The minimum atomic E-state index is -1.66. The van der Waals surface area contributed by atoms with Crippen LogP contribution < -0.4 is 10.5 Å². The average molecular weight is 352 g/mol. The maximum absolute atomic E-state index is 14.2. The van der Waals surface area contributed by atoms with Gasteiger partial charge in [-0.1, -0.05) is 34.8 Å². The van der Waals surface area contributed by atoms with Gasteiger partial charge in [0.15, 0.2) is 5.82 Å². The Hall–Kier alpha value is -1.76. The Morgan fingerprint density at radius 2 is 2.00 bits per heavy atom. The van der Waals surface area contributed by atoms with E-state index in [1.54, 1.807) is 0 Å². The molecule has 0 fully saturated rings. The Kier molecular flexibility index (Phi) is 4.41. The summed E-state index contributed by atoms with van der Waals surface area (Å²) in [4.78, 5) is 14.3. The monoisotopic (exact) mass is 350 g/mol. The van der Waals surface area contributed by atoms with Gasteiger partial charge in [0.25, 0.3) is 0 Å². The molecule has 9 heteroatoms. The van der Waals surface area contributed by atoms with Gasteiger partial charge in [0.2, 0.25) is 5.88 Å². The van der Waals surface area contributed by atoms with Crippen molar-refractivity contribution >= 4 is 46.6 Å². The first-order valence-electron chi connectivity index (χ1n) is 5.32. The van der Waals surface area contributed by atoms with Crippen LogP contribution in [0.5, 0.6) is 5.88 Å². The Balaban J connectivity index is 2.68. The molecule has 1 heterocycles. The number of nitrogens with zero attached hydrogens (tertiary/aromatic N) is 1. The third-order valence-electron chi connectivity index (χ3n) is 2.45. The summed E-state index contributed by atoms with van der Waals surface area (Å²) in [6.07, 6.45) is -1.66. The van der Waals surface area contributed by atoms with Gasteiger partial charge in [-0.05, 0) is 18.2 Å². The van der Waals surface area contributed by atoms with Crippen molar-refractivity contribution in [2.24, 2.45) is 0 Å². The second-order valence-electron chi connectivity index (χ2n) is 3.80. The van der Waals surface area contributed by atoms with E-state index in [2.05, 4.69) is 9.72 Å². The predicted molar refractivity (Wildman–Crippen MR) is 77.7 cm³/mol. The number of anilines is 1. The van der Waals surface area contributed by atoms with Crippen molar-refractivity contribution in [2.45, 2.75) is 0 Å². The number of pyridine rings is 1. The number of nitrogens with two attached hydrogens (primary N) is 1. The number of ether oxygens (including phenoxy) is 1. The number of nitrogen functional groups attached to an aromatic ring is 1. The van der Waals surface area contributed by atoms with Gasteiger partial charge >= 0.3 is 6.16 Å². The van der Waals surface area contributed by atoms with Crippen molar-refractivity contribution in [2.75, 3.05) is 5.73 Å². The fourth-order valence-electron chi connectivity index (χ4n) is 1.55. The molecule has 1 aromatic carbocycles. The lowest BCUT2D eigenvalue weighted by Gasteiger charge is -2.11. The van der Waals surface area contributed by atoms with Gasteiger partial charge in [-0.15, -0.1) is 0 Å². The second-order valence-corrected chi connectivity index (χ2v) is 5.02. The van der Waals surface area contributed by atoms with Crippen molar-refractivity contribution in [1.29, 1.82) is 0 Å². The summed E-state index contributed by atoms with van der Waals surface area (Å²) in [5.74, 6) is -1.48. The van der Waals surface area contributed by atoms with Crippen LogP contribution in [-0.2, 0) is 0 Å². The molecular formula is C12H6Cl3FN2O3. The van der Waals surface area contributed by atoms with E-state index in [1.807, 2.05) is 0 Å². The summed E-state index contributed by atoms with van der Waals surface area (Å²) in [5, 5.41) is 8.61. The lowest BCUT2D eigenvalue weighted by molar-refractivity contribution is 0.142. The number of carbonyl (C=O) groups is 1. The SMILES string of the molecule is Nc1c(F)c(-c2ccc(Cl)cc2Cl)nc(OC(=O)O)c1Cl. The Bertz CT molecular complexity index is 740. The molecule has 0 amide bonds. The van der Waals surface area contributed by atoms with Gasteiger partial charge in [-0.25, -0.2) is 14.2 Å². The van der Waals surface area contributed by atoms with E-state index in [0.717, 1.165) is 0 Å². The molecule has 0 aliphatic carbocycles. The second kappa shape index (κ2) is 5.93. The first-order chi connectivity index (χ1) is 9.81. The average Bonchev–Trinajstić information content (AvgIpc) is 2.40. The minimum Gasteiger partial charge on any atom is -0.449 e. The van der Waals surface area contributed by atoms with E-state index in [1.165, 1.54) is 18.2 Å². The zero-order chi connectivity index (χ0) is 15.7. The number of rotatable bonds is 2. The lowest BCUT2D eigenvalue weighted by Crippen LogP contribution is -2.08. The standard InChI is InChI=1S/C12H6Cl3FN2O3/c13-4-1-2-5(6(14)3-4)10-8(16)9(17)7(15)11(18-10)21-12(19)20/h1-3H,(H2,17,18)(H,19,20). The van der Waals surface area contributed by atoms with Crippen LogP contribution in [0, 0.1) is 5.82 Å². The van der Waals surface area contributed by atoms with E-state index in [9.17, 15) is 9.18 Å². The normalized spacial score (nSPS) is 10.5. The van der Waals surface area contributed by atoms with E-state index < -0.39 is 28.6 Å². The van der Waals surface area contributed by atoms with Crippen LogP contribution in [0.4, 0.5) is 14.9 Å². The lowest BCUT2D eigenvalue weighted by atomic mass is 10.1. The summed E-state index contributed by atoms with van der Waals surface area (Å²) in [5.41, 5.74) is 4.86. The maximum atomic E-state index is 14.2. The van der Waals surface area contributed by atoms with Crippen LogP contribution in [-0.4, -0.2) is 16.2 Å². The van der Waals surface area contributed by atoms with Crippen LogP contribution in [0.1, 0.15) is 0 Å². The Morgan fingerprint density at radius 3 is 2.57 bits per heavy atom. The fraction of sp³-hybridized carbons (Fsp3) is 0. The largest absolute Gasteiger partial charge is 0.512 e. The van der Waals surface area contributed by atoms with E-state index in [4.69, 9.17) is 45.6 Å². The summed E-state index contributed by atoms with van der Waals surface area (Å²) >= 11 is 17.4. The highest BCUT2D eigenvalue weighted by Crippen LogP contribution is 2.38. The van der Waals surface area contributed by atoms with Crippen LogP contribution in [0.25, 0.3) is 11.3 Å². The van der Waals surface area contributed by atoms with Crippen LogP contribution in [0.15, 0.2) is 18.2 Å². The van der Waals surface area contributed by atoms with Crippen LogP contribution >= 0.6 is 34.8 Å². The molecule has 0 atom stereocenters. The molecule has 5 nitrogen and oxygen atoms in total. The Morgan fingerprint density at radius 1 is 1.33 bits per heavy atom. The van der Waals surface area contributed by atoms with Gasteiger partial charge in [-0.2, -0.15) is 0 Å². The molecule has 0 saturated heterocycles. The molecule has 0 radical (unpaired) electrons. The smallest absolute Gasteiger partial charge is 0.449 e. The summed E-state index contributed by atoms with van der Waals surface area (Å²) in [7, 11) is 0. The van der Waals surface area contributed by atoms with Crippen LogP contribution in [0.2, 0.25) is 15.1 Å². The van der Waals surface area contributed by atoms with E-state index in [-0.39, 0.29) is 16.3 Å². The highest BCUT2D eigenvalue weighted by atomic mass is 35.5. The van der Waals surface area contributed by atoms with Crippen molar-refractivity contribution in [3.8, 4) is 17.1 Å². The third-order valence-corrected chi connectivity index (χ3v) is 3.37. The quantitative estimate of drug-likeness (QED) is 0.779. The first-order valence-corrected chi connectivity index (χ1v) is 6.45. The van der Waals surface area contributed by atoms with Gasteiger partial charge in [0.05, 0.1) is 10.7 Å². The van der Waals surface area contributed by atoms with Crippen molar-refractivity contribution in [3.05, 3.63) is 39.1 Å². The van der Waals surface area contributed by atoms with Gasteiger partial charge in [0.1, 0.15) is 10.7 Å². The van der Waals surface area contributed by atoms with Crippen LogP contribution in [0.3, 0.4) is 0 Å². The summed E-state index contributed by atoms with van der Waals surface area (Å²) in [6.45, 7) is 0. The van der Waals surface area contributed by atoms with Gasteiger partial charge < -0.3 is 15.6 Å². The number of hydrogen-bond donors (Lipinski definition) is 2. The zero-order valence-electron chi connectivity index (χ0n) is 10.0. The number of carboxylic acid groups (broad SMARTS) is 1. The van der Waals surface area contributed by atoms with Crippen molar-refractivity contribution < 1.29 is 19.0 Å². The Labute approximate surface area is 133 Å². The highest BCUT2D eigenvalue weighted by molar-refractivity contribution is 6.36. The molecule has 0 saturated carbocycles. The summed E-state index contributed by atoms with van der Waals surface area (Å²) < 4.78 is 18.5. The molecule has 0 aliphatic rings. The topological polar surface area (TPSA) is 85.4 Å². The van der Waals surface area contributed by atoms with Gasteiger partial charge in [-0.3, -0.25) is 0 Å². The summed E-state index contributed by atoms with van der Waals surface area (Å²) in [6, 6.07) is 4.25. The van der Waals surface area contributed by atoms with Gasteiger partial charge in [0, 0.05) is 10.6 Å². The number of aromatic nitrogens is 1. The molecule has 0 bridgehead atoms. The molecule has 2 rings (SSSR count). The molecule has 0 unspecified atom stereocenters. The molecule has 1 aromatic heterocycles. The maximum Gasteiger partial charge on any atom is 0.512 e. The number of halogens is 4. The van der Waals surface area contributed by atoms with Crippen molar-refractivity contribution in [1.82, 2.24) is 4.98 Å². The number of hydrogen-bond acceptors (Lipinski definition) is 4. The van der Waals surface area contributed by atoms with E-state index in [0.29, 0.717) is 5.02 Å². The molecule has 110 valence electrons. The molecule has 3 N–H and O–H groups in total. The molecular weight excluding hydrogens is 346 g/mol. The van der Waals surface area contributed by atoms with E-state index >= 15 is 0 Å².